The lowest BCUT2D eigenvalue weighted by Gasteiger charge is -2.09. The minimum Gasteiger partial charge on any atom is -0.395 e. The summed E-state index contributed by atoms with van der Waals surface area (Å²) < 4.78 is 9.84. The summed E-state index contributed by atoms with van der Waals surface area (Å²) in [5.74, 6) is 0.0795. The number of para-hydroxylation sites is 1. The van der Waals surface area contributed by atoms with Gasteiger partial charge >= 0.3 is 6.16 Å². The predicted molar refractivity (Wildman–Crippen MR) is 78.0 cm³/mol. The van der Waals surface area contributed by atoms with E-state index in [1.807, 2.05) is 0 Å². The quantitative estimate of drug-likeness (QED) is 0.341. The van der Waals surface area contributed by atoms with Crippen molar-refractivity contribution in [2.24, 2.45) is 0 Å². The first-order valence-electron chi connectivity index (χ1n) is 6.45. The molecule has 0 bridgehead atoms. The second-order valence-electron chi connectivity index (χ2n) is 4.31. The highest BCUT2D eigenvalue weighted by molar-refractivity contribution is 5.67. The molecule has 2 aromatic rings. The van der Waals surface area contributed by atoms with Crippen LogP contribution in [0.2, 0.25) is 0 Å². The number of nitro benzene ring substituents is 1. The summed E-state index contributed by atoms with van der Waals surface area (Å²) in [7, 11) is 0. The molecule has 0 amide bonds. The van der Waals surface area contributed by atoms with Crippen LogP contribution in [0.5, 0.6) is 11.5 Å². The van der Waals surface area contributed by atoms with Gasteiger partial charge in [0.1, 0.15) is 18.1 Å². The zero-order valence-electron chi connectivity index (χ0n) is 12.0. The van der Waals surface area contributed by atoms with Gasteiger partial charge in [0.25, 0.3) is 10.8 Å². The molecule has 0 heterocycles. The summed E-state index contributed by atoms with van der Waals surface area (Å²) in [5.41, 5.74) is 0.118. The Morgan fingerprint density at radius 2 is 1.62 bits per heavy atom. The molecular weight excluding hydrogens is 324 g/mol. The first-order valence-corrected chi connectivity index (χ1v) is 6.45. The SMILES string of the molecule is O=C(Oc1ccc([N+](=O)[O-])cc1)Oc1ccccc1CO[N+](=O)[O-]. The number of nitrogens with zero attached hydrogens (tertiary/aromatic N) is 2. The zero-order valence-corrected chi connectivity index (χ0v) is 12.0. The maximum absolute atomic E-state index is 11.7. The lowest BCUT2D eigenvalue weighted by Crippen LogP contribution is -2.15. The monoisotopic (exact) mass is 334 g/mol. The van der Waals surface area contributed by atoms with Gasteiger partial charge in [-0.15, -0.1) is 10.1 Å². The second-order valence-corrected chi connectivity index (χ2v) is 4.31. The molecule has 2 rings (SSSR count). The summed E-state index contributed by atoms with van der Waals surface area (Å²) in [6.45, 7) is -0.395. The Labute approximate surface area is 134 Å². The van der Waals surface area contributed by atoms with Crippen molar-refractivity contribution in [1.29, 1.82) is 0 Å². The van der Waals surface area contributed by atoms with E-state index in [1.54, 1.807) is 12.1 Å². The molecule has 124 valence electrons. The van der Waals surface area contributed by atoms with Crippen LogP contribution in [-0.2, 0) is 11.4 Å². The average molecular weight is 334 g/mol. The maximum Gasteiger partial charge on any atom is 0.519 e. The van der Waals surface area contributed by atoms with Gasteiger partial charge in [-0.05, 0) is 18.2 Å². The molecule has 0 atom stereocenters. The highest BCUT2D eigenvalue weighted by Crippen LogP contribution is 2.21. The Balaban J connectivity index is 2.01. The molecule has 0 saturated carbocycles. The van der Waals surface area contributed by atoms with Crippen molar-refractivity contribution in [1.82, 2.24) is 0 Å². The Bertz CT molecular complexity index is 760. The third kappa shape index (κ3) is 4.66. The summed E-state index contributed by atoms with van der Waals surface area (Å²) in [5, 5.41) is 19.8. The number of rotatable bonds is 6. The lowest BCUT2D eigenvalue weighted by molar-refractivity contribution is -0.763. The Kier molecular flexibility index (Phi) is 5.24. The molecule has 0 fully saturated rings. The average Bonchev–Trinajstić information content (AvgIpc) is 2.54. The molecule has 0 unspecified atom stereocenters. The van der Waals surface area contributed by atoms with E-state index in [9.17, 15) is 25.0 Å². The Morgan fingerprint density at radius 3 is 2.25 bits per heavy atom. The molecule has 0 spiro atoms. The van der Waals surface area contributed by atoms with E-state index in [2.05, 4.69) is 4.84 Å². The minimum atomic E-state index is -1.10. The van der Waals surface area contributed by atoms with Gasteiger partial charge in [0, 0.05) is 17.7 Å². The standard InChI is InChI=1S/C14H10N2O8/c17-14(23-12-7-5-11(6-8-12)15(18)19)24-13-4-2-1-3-10(13)9-22-16(20)21/h1-8H,9H2. The van der Waals surface area contributed by atoms with Crippen LogP contribution in [0.3, 0.4) is 0 Å². The van der Waals surface area contributed by atoms with Gasteiger partial charge in [-0.1, -0.05) is 18.2 Å². The lowest BCUT2D eigenvalue weighted by atomic mass is 10.2. The van der Waals surface area contributed by atoms with Gasteiger partial charge in [0.15, 0.2) is 0 Å². The van der Waals surface area contributed by atoms with E-state index in [0.717, 1.165) is 0 Å². The van der Waals surface area contributed by atoms with Crippen LogP contribution < -0.4 is 9.47 Å². The minimum absolute atomic E-state index is 0.0336. The fraction of sp³-hybridized carbons (Fsp3) is 0.0714. The smallest absolute Gasteiger partial charge is 0.395 e. The van der Waals surface area contributed by atoms with Crippen molar-refractivity contribution in [2.45, 2.75) is 6.61 Å². The van der Waals surface area contributed by atoms with Gasteiger partial charge in [-0.3, -0.25) is 10.1 Å². The van der Waals surface area contributed by atoms with Gasteiger partial charge in [0.05, 0.1) is 4.92 Å². The number of benzene rings is 2. The van der Waals surface area contributed by atoms with E-state index >= 15 is 0 Å². The van der Waals surface area contributed by atoms with Crippen molar-refractivity contribution in [3.8, 4) is 11.5 Å². The van der Waals surface area contributed by atoms with E-state index in [0.29, 0.717) is 0 Å². The summed E-state index contributed by atoms with van der Waals surface area (Å²) in [6.07, 6.45) is -1.10. The van der Waals surface area contributed by atoms with Crippen molar-refractivity contribution < 1.29 is 29.1 Å². The number of hydrogen-bond donors (Lipinski definition) is 0. The van der Waals surface area contributed by atoms with Gasteiger partial charge in [0.2, 0.25) is 0 Å². The van der Waals surface area contributed by atoms with Crippen LogP contribution in [0.15, 0.2) is 48.5 Å². The largest absolute Gasteiger partial charge is 0.519 e. The molecule has 0 aliphatic rings. The predicted octanol–water partition coefficient (Wildman–Crippen LogP) is 2.88. The van der Waals surface area contributed by atoms with Crippen LogP contribution in [0.4, 0.5) is 10.5 Å². The van der Waals surface area contributed by atoms with Gasteiger partial charge < -0.3 is 14.3 Å². The van der Waals surface area contributed by atoms with E-state index in [4.69, 9.17) is 9.47 Å². The third-order valence-corrected chi connectivity index (χ3v) is 2.74. The molecule has 0 aromatic heterocycles. The summed E-state index contributed by atoms with van der Waals surface area (Å²) >= 11 is 0. The fourth-order valence-corrected chi connectivity index (χ4v) is 1.69. The van der Waals surface area contributed by atoms with E-state index in [1.165, 1.54) is 36.4 Å². The number of carbonyl (C=O) groups is 1. The van der Waals surface area contributed by atoms with Crippen molar-refractivity contribution in [2.75, 3.05) is 0 Å². The molecule has 0 aliphatic carbocycles. The molecule has 0 radical (unpaired) electrons. The molecule has 0 N–H and O–H groups in total. The van der Waals surface area contributed by atoms with Crippen LogP contribution in [0, 0.1) is 20.2 Å². The number of ether oxygens (including phenoxy) is 2. The molecular formula is C14H10N2O8. The van der Waals surface area contributed by atoms with Gasteiger partial charge in [-0.25, -0.2) is 4.79 Å². The third-order valence-electron chi connectivity index (χ3n) is 2.74. The molecule has 0 saturated heterocycles. The number of hydrogen-bond acceptors (Lipinski definition) is 8. The van der Waals surface area contributed by atoms with E-state index in [-0.39, 0.29) is 22.7 Å². The van der Waals surface area contributed by atoms with Crippen LogP contribution in [0.1, 0.15) is 5.56 Å². The molecule has 0 aliphatic heterocycles. The van der Waals surface area contributed by atoms with Crippen LogP contribution in [-0.4, -0.2) is 16.2 Å². The Hall–Kier alpha value is -3.69. The summed E-state index contributed by atoms with van der Waals surface area (Å²) in [6, 6.07) is 10.9. The van der Waals surface area contributed by atoms with Crippen molar-refractivity contribution in [3.63, 3.8) is 0 Å². The first kappa shape index (κ1) is 16.7. The van der Waals surface area contributed by atoms with Crippen LogP contribution in [0.25, 0.3) is 0 Å². The molecule has 24 heavy (non-hydrogen) atoms. The number of non-ortho nitro benzene ring substituents is 1. The van der Waals surface area contributed by atoms with Gasteiger partial charge in [-0.2, -0.15) is 0 Å². The number of carbonyl (C=O) groups excluding carboxylic acids is 1. The Morgan fingerprint density at radius 1 is 0.958 bits per heavy atom. The first-order chi connectivity index (χ1) is 11.5. The number of nitro groups is 1. The fourth-order valence-electron chi connectivity index (χ4n) is 1.69. The molecule has 2 aromatic carbocycles. The van der Waals surface area contributed by atoms with Crippen molar-refractivity contribution in [3.05, 3.63) is 74.3 Å². The zero-order chi connectivity index (χ0) is 17.5. The molecule has 10 nitrogen and oxygen atoms in total. The topological polar surface area (TPSA) is 131 Å². The van der Waals surface area contributed by atoms with E-state index < -0.39 is 22.8 Å². The second kappa shape index (κ2) is 7.54. The van der Waals surface area contributed by atoms with Crippen molar-refractivity contribution >= 4 is 11.8 Å². The highest BCUT2D eigenvalue weighted by atomic mass is 16.9. The normalized spacial score (nSPS) is 9.83. The summed E-state index contributed by atoms with van der Waals surface area (Å²) in [4.78, 5) is 36.1. The van der Waals surface area contributed by atoms with Crippen LogP contribution >= 0.6 is 0 Å². The highest BCUT2D eigenvalue weighted by Gasteiger charge is 2.13. The molecule has 10 heteroatoms. The maximum atomic E-state index is 11.7.